The summed E-state index contributed by atoms with van der Waals surface area (Å²) >= 11 is 0. The summed E-state index contributed by atoms with van der Waals surface area (Å²) in [5.74, 6) is 0.799. The van der Waals surface area contributed by atoms with Crippen LogP contribution in [0.15, 0.2) is 29.3 Å². The summed E-state index contributed by atoms with van der Waals surface area (Å²) in [6.07, 6.45) is 3.61. The van der Waals surface area contributed by atoms with Gasteiger partial charge in [-0.25, -0.2) is 4.99 Å². The van der Waals surface area contributed by atoms with E-state index in [2.05, 4.69) is 50.0 Å². The minimum Gasteiger partial charge on any atom is -0.475 e. The van der Waals surface area contributed by atoms with Crippen LogP contribution in [0.4, 0.5) is 0 Å². The fourth-order valence-electron chi connectivity index (χ4n) is 1.97. The molecule has 2 rings (SSSR count). The highest BCUT2D eigenvalue weighted by atomic mass is 16.5. The largest absolute Gasteiger partial charge is 0.475 e. The molecule has 0 saturated heterocycles. The molecule has 0 amide bonds. The van der Waals surface area contributed by atoms with Crippen LogP contribution in [-0.2, 0) is 11.2 Å². The maximum Gasteiger partial charge on any atom is 0.216 e. The third kappa shape index (κ3) is 3.09. The molecule has 2 heteroatoms. The van der Waals surface area contributed by atoms with Crippen LogP contribution in [0, 0.1) is 0 Å². The summed E-state index contributed by atoms with van der Waals surface area (Å²) in [6, 6.07) is 8.56. The smallest absolute Gasteiger partial charge is 0.216 e. The van der Waals surface area contributed by atoms with E-state index < -0.39 is 0 Å². The molecule has 0 spiro atoms. The molecule has 0 radical (unpaired) electrons. The summed E-state index contributed by atoms with van der Waals surface area (Å²) in [5.41, 5.74) is 2.42. The lowest BCUT2D eigenvalue weighted by Gasteiger charge is -2.07. The van der Waals surface area contributed by atoms with Gasteiger partial charge in [0.25, 0.3) is 0 Å². The number of ether oxygens (including phenoxy) is 1. The van der Waals surface area contributed by atoms with Crippen molar-refractivity contribution in [3.8, 4) is 0 Å². The molecule has 0 aromatic heterocycles. The molecule has 17 heavy (non-hydrogen) atoms. The Kier molecular flexibility index (Phi) is 3.51. The molecule has 0 bridgehead atoms. The second kappa shape index (κ2) is 4.91. The number of nitrogens with zero attached hydrogens (tertiary/aromatic N) is 1. The number of rotatable bonds is 4. The molecule has 92 valence electrons. The Balaban J connectivity index is 2.17. The minimum absolute atomic E-state index is 0.0746. The Morgan fingerprint density at radius 2 is 2.18 bits per heavy atom. The SMILES string of the molecule is CCCCc1cccc(C2=NC(C)(C)CO2)c1. The molecule has 0 fully saturated rings. The van der Waals surface area contributed by atoms with E-state index in [0.29, 0.717) is 6.61 Å². The Morgan fingerprint density at radius 1 is 1.35 bits per heavy atom. The number of hydrogen-bond donors (Lipinski definition) is 0. The van der Waals surface area contributed by atoms with Crippen molar-refractivity contribution in [2.75, 3.05) is 6.61 Å². The van der Waals surface area contributed by atoms with Gasteiger partial charge in [-0.2, -0.15) is 0 Å². The van der Waals surface area contributed by atoms with Crippen molar-refractivity contribution in [1.29, 1.82) is 0 Å². The molecular formula is C15H21NO. The number of aliphatic imine (C=N–C) groups is 1. The average molecular weight is 231 g/mol. The molecule has 1 aromatic carbocycles. The first-order chi connectivity index (χ1) is 8.11. The summed E-state index contributed by atoms with van der Waals surface area (Å²) in [5, 5.41) is 0. The number of unbranched alkanes of at least 4 members (excludes halogenated alkanes) is 1. The van der Waals surface area contributed by atoms with Crippen LogP contribution >= 0.6 is 0 Å². The molecule has 0 N–H and O–H groups in total. The summed E-state index contributed by atoms with van der Waals surface area (Å²) in [7, 11) is 0. The number of benzene rings is 1. The molecule has 0 atom stereocenters. The average Bonchev–Trinajstić information content (AvgIpc) is 2.67. The van der Waals surface area contributed by atoms with Gasteiger partial charge in [-0.3, -0.25) is 0 Å². The quantitative estimate of drug-likeness (QED) is 0.776. The second-order valence-electron chi connectivity index (χ2n) is 5.32. The topological polar surface area (TPSA) is 21.6 Å². The van der Waals surface area contributed by atoms with E-state index >= 15 is 0 Å². The monoisotopic (exact) mass is 231 g/mol. The van der Waals surface area contributed by atoms with Crippen molar-refractivity contribution in [2.45, 2.75) is 45.6 Å². The maximum atomic E-state index is 5.66. The predicted octanol–water partition coefficient (Wildman–Crippen LogP) is 3.58. The lowest BCUT2D eigenvalue weighted by Crippen LogP contribution is -2.17. The summed E-state index contributed by atoms with van der Waals surface area (Å²) in [4.78, 5) is 4.61. The van der Waals surface area contributed by atoms with E-state index in [1.165, 1.54) is 18.4 Å². The van der Waals surface area contributed by atoms with Gasteiger partial charge in [-0.1, -0.05) is 25.5 Å². The lowest BCUT2D eigenvalue weighted by atomic mass is 10.1. The van der Waals surface area contributed by atoms with Crippen LogP contribution in [0.2, 0.25) is 0 Å². The summed E-state index contributed by atoms with van der Waals surface area (Å²) in [6.45, 7) is 7.10. The molecule has 1 aliphatic rings. The standard InChI is InChI=1S/C15H21NO/c1-4-5-7-12-8-6-9-13(10-12)14-16-15(2,3)11-17-14/h6,8-10H,4-5,7,11H2,1-3H3. The third-order valence-corrected chi connectivity index (χ3v) is 2.96. The van der Waals surface area contributed by atoms with Gasteiger partial charge < -0.3 is 4.74 Å². The molecular weight excluding hydrogens is 210 g/mol. The van der Waals surface area contributed by atoms with E-state index in [4.69, 9.17) is 4.74 Å². The van der Waals surface area contributed by atoms with Crippen LogP contribution < -0.4 is 0 Å². The first-order valence-electron chi connectivity index (χ1n) is 6.43. The van der Waals surface area contributed by atoms with E-state index in [0.717, 1.165) is 17.9 Å². The minimum atomic E-state index is -0.0746. The molecule has 0 saturated carbocycles. The second-order valence-corrected chi connectivity index (χ2v) is 5.32. The Labute approximate surface area is 104 Å². The highest BCUT2D eigenvalue weighted by Crippen LogP contribution is 2.21. The van der Waals surface area contributed by atoms with Crippen LogP contribution in [0.1, 0.15) is 44.7 Å². The zero-order chi connectivity index (χ0) is 12.3. The van der Waals surface area contributed by atoms with Crippen molar-refractivity contribution in [2.24, 2.45) is 4.99 Å². The van der Waals surface area contributed by atoms with Crippen LogP contribution in [0.5, 0.6) is 0 Å². The Hall–Kier alpha value is -1.31. The normalized spacial score (nSPS) is 17.7. The number of hydrogen-bond acceptors (Lipinski definition) is 2. The van der Waals surface area contributed by atoms with E-state index in [1.807, 2.05) is 0 Å². The first kappa shape index (κ1) is 12.2. The zero-order valence-electron chi connectivity index (χ0n) is 11.0. The molecule has 1 aromatic rings. The van der Waals surface area contributed by atoms with Gasteiger partial charge in [0.1, 0.15) is 6.61 Å². The molecule has 0 aliphatic carbocycles. The van der Waals surface area contributed by atoms with E-state index in [-0.39, 0.29) is 5.54 Å². The van der Waals surface area contributed by atoms with Gasteiger partial charge in [0.2, 0.25) is 5.90 Å². The van der Waals surface area contributed by atoms with Crippen LogP contribution in [0.25, 0.3) is 0 Å². The van der Waals surface area contributed by atoms with Gasteiger partial charge in [0.15, 0.2) is 0 Å². The van der Waals surface area contributed by atoms with Crippen LogP contribution in [-0.4, -0.2) is 18.0 Å². The third-order valence-electron chi connectivity index (χ3n) is 2.96. The molecule has 1 heterocycles. The van der Waals surface area contributed by atoms with Crippen molar-refractivity contribution in [3.05, 3.63) is 35.4 Å². The van der Waals surface area contributed by atoms with Crippen molar-refractivity contribution in [3.63, 3.8) is 0 Å². The predicted molar refractivity (Wildman–Crippen MR) is 71.6 cm³/mol. The highest BCUT2D eigenvalue weighted by molar-refractivity contribution is 5.95. The van der Waals surface area contributed by atoms with E-state index in [9.17, 15) is 0 Å². The van der Waals surface area contributed by atoms with Gasteiger partial charge >= 0.3 is 0 Å². The Morgan fingerprint density at radius 3 is 2.82 bits per heavy atom. The lowest BCUT2D eigenvalue weighted by molar-refractivity contribution is 0.279. The van der Waals surface area contributed by atoms with E-state index in [1.54, 1.807) is 0 Å². The van der Waals surface area contributed by atoms with Crippen molar-refractivity contribution in [1.82, 2.24) is 0 Å². The first-order valence-corrected chi connectivity index (χ1v) is 6.43. The van der Waals surface area contributed by atoms with Gasteiger partial charge in [0.05, 0.1) is 5.54 Å². The Bertz CT molecular complexity index is 421. The zero-order valence-corrected chi connectivity index (χ0v) is 11.0. The van der Waals surface area contributed by atoms with Gasteiger partial charge in [-0.15, -0.1) is 0 Å². The molecule has 2 nitrogen and oxygen atoms in total. The molecule has 0 unspecified atom stereocenters. The fourth-order valence-corrected chi connectivity index (χ4v) is 1.97. The van der Waals surface area contributed by atoms with Crippen LogP contribution in [0.3, 0.4) is 0 Å². The molecule has 1 aliphatic heterocycles. The van der Waals surface area contributed by atoms with Gasteiger partial charge in [0, 0.05) is 5.56 Å². The fraction of sp³-hybridized carbons (Fsp3) is 0.533. The summed E-state index contributed by atoms with van der Waals surface area (Å²) < 4.78 is 5.66. The van der Waals surface area contributed by atoms with Gasteiger partial charge in [-0.05, 0) is 44.4 Å². The maximum absolute atomic E-state index is 5.66. The van der Waals surface area contributed by atoms with Crippen molar-refractivity contribution >= 4 is 5.90 Å². The van der Waals surface area contributed by atoms with Crippen molar-refractivity contribution < 1.29 is 4.74 Å². The highest BCUT2D eigenvalue weighted by Gasteiger charge is 2.26. The number of aryl methyl sites for hydroxylation is 1.